The summed E-state index contributed by atoms with van der Waals surface area (Å²) in [5.41, 5.74) is 7.71. The molecule has 18 heavy (non-hydrogen) atoms. The molecule has 0 fully saturated rings. The molecule has 1 aromatic heterocycles. The number of hydrogen-bond donors (Lipinski definition) is 1. The number of halogens is 1. The third kappa shape index (κ3) is 2.40. The van der Waals surface area contributed by atoms with E-state index >= 15 is 0 Å². The fourth-order valence-electron chi connectivity index (χ4n) is 1.89. The summed E-state index contributed by atoms with van der Waals surface area (Å²) < 4.78 is 2.06. The highest BCUT2D eigenvalue weighted by Crippen LogP contribution is 2.24. The van der Waals surface area contributed by atoms with Crippen molar-refractivity contribution in [3.05, 3.63) is 34.6 Å². The Labute approximate surface area is 112 Å². The van der Waals surface area contributed by atoms with Gasteiger partial charge in [-0.2, -0.15) is 0 Å². The van der Waals surface area contributed by atoms with E-state index in [-0.39, 0.29) is 0 Å². The van der Waals surface area contributed by atoms with Crippen molar-refractivity contribution >= 4 is 11.6 Å². The Kier molecular flexibility index (Phi) is 3.99. The number of aromatic nitrogens is 3. The van der Waals surface area contributed by atoms with Crippen LogP contribution in [0.4, 0.5) is 0 Å². The van der Waals surface area contributed by atoms with Gasteiger partial charge in [-0.05, 0) is 25.0 Å². The first-order chi connectivity index (χ1) is 8.67. The van der Waals surface area contributed by atoms with Crippen molar-refractivity contribution < 1.29 is 0 Å². The van der Waals surface area contributed by atoms with Crippen LogP contribution >= 0.6 is 11.6 Å². The molecule has 1 aromatic carbocycles. The first-order valence-electron chi connectivity index (χ1n) is 6.06. The van der Waals surface area contributed by atoms with Crippen molar-refractivity contribution in [2.45, 2.75) is 33.4 Å². The van der Waals surface area contributed by atoms with Crippen molar-refractivity contribution in [1.82, 2.24) is 14.8 Å². The Morgan fingerprint density at radius 3 is 2.72 bits per heavy atom. The van der Waals surface area contributed by atoms with E-state index in [0.717, 1.165) is 40.8 Å². The van der Waals surface area contributed by atoms with Gasteiger partial charge in [0, 0.05) is 17.1 Å². The molecule has 1 heterocycles. The first-order valence-corrected chi connectivity index (χ1v) is 6.43. The van der Waals surface area contributed by atoms with Crippen LogP contribution in [0.3, 0.4) is 0 Å². The van der Waals surface area contributed by atoms with E-state index < -0.39 is 0 Å². The topological polar surface area (TPSA) is 56.7 Å². The SMILES string of the molecule is CCCn1c(CN)nnc1-c1ccc(C)c(Cl)c1. The Balaban J connectivity index is 2.49. The molecule has 96 valence electrons. The lowest BCUT2D eigenvalue weighted by Gasteiger charge is -2.08. The van der Waals surface area contributed by atoms with E-state index in [1.807, 2.05) is 25.1 Å². The van der Waals surface area contributed by atoms with Gasteiger partial charge in [-0.25, -0.2) is 0 Å². The summed E-state index contributed by atoms with van der Waals surface area (Å²) >= 11 is 6.15. The average molecular weight is 265 g/mol. The van der Waals surface area contributed by atoms with Crippen LogP contribution < -0.4 is 5.73 Å². The smallest absolute Gasteiger partial charge is 0.164 e. The summed E-state index contributed by atoms with van der Waals surface area (Å²) in [5, 5.41) is 9.09. The zero-order chi connectivity index (χ0) is 13.1. The molecule has 0 aliphatic rings. The quantitative estimate of drug-likeness (QED) is 0.924. The molecule has 5 heteroatoms. The third-order valence-electron chi connectivity index (χ3n) is 2.89. The average Bonchev–Trinajstić information content (AvgIpc) is 2.76. The van der Waals surface area contributed by atoms with Crippen LogP contribution in [0, 0.1) is 6.92 Å². The van der Waals surface area contributed by atoms with E-state index in [2.05, 4.69) is 21.7 Å². The molecule has 0 aliphatic carbocycles. The number of nitrogens with zero attached hydrogens (tertiary/aromatic N) is 3. The van der Waals surface area contributed by atoms with Crippen molar-refractivity contribution in [2.24, 2.45) is 5.73 Å². The van der Waals surface area contributed by atoms with Crippen LogP contribution in [-0.4, -0.2) is 14.8 Å². The first kappa shape index (κ1) is 13.1. The van der Waals surface area contributed by atoms with Gasteiger partial charge in [0.05, 0.1) is 6.54 Å². The Bertz CT molecular complexity index is 548. The largest absolute Gasteiger partial charge is 0.324 e. The third-order valence-corrected chi connectivity index (χ3v) is 3.29. The summed E-state index contributed by atoms with van der Waals surface area (Å²) in [6.07, 6.45) is 1.01. The molecule has 2 N–H and O–H groups in total. The Morgan fingerprint density at radius 2 is 2.11 bits per heavy atom. The molecule has 0 spiro atoms. The lowest BCUT2D eigenvalue weighted by Crippen LogP contribution is -2.09. The minimum atomic E-state index is 0.395. The van der Waals surface area contributed by atoms with Gasteiger partial charge in [-0.1, -0.05) is 30.7 Å². The molecule has 0 unspecified atom stereocenters. The van der Waals surface area contributed by atoms with E-state index in [1.165, 1.54) is 0 Å². The maximum Gasteiger partial charge on any atom is 0.164 e. The number of aryl methyl sites for hydroxylation is 1. The maximum absolute atomic E-state index is 6.15. The molecule has 4 nitrogen and oxygen atoms in total. The van der Waals surface area contributed by atoms with Crippen molar-refractivity contribution in [1.29, 1.82) is 0 Å². The zero-order valence-corrected chi connectivity index (χ0v) is 11.4. The second-order valence-corrected chi connectivity index (χ2v) is 4.67. The van der Waals surface area contributed by atoms with Crippen LogP contribution in [0.5, 0.6) is 0 Å². The highest BCUT2D eigenvalue weighted by Gasteiger charge is 2.12. The van der Waals surface area contributed by atoms with Crippen LogP contribution in [-0.2, 0) is 13.1 Å². The predicted octanol–water partition coefficient (Wildman–Crippen LogP) is 2.78. The number of hydrogen-bond acceptors (Lipinski definition) is 3. The van der Waals surface area contributed by atoms with Crippen LogP contribution in [0.2, 0.25) is 5.02 Å². The van der Waals surface area contributed by atoms with Gasteiger partial charge in [-0.15, -0.1) is 10.2 Å². The second-order valence-electron chi connectivity index (χ2n) is 4.26. The predicted molar refractivity (Wildman–Crippen MR) is 73.4 cm³/mol. The number of rotatable bonds is 4. The summed E-state index contributed by atoms with van der Waals surface area (Å²) in [5.74, 6) is 1.64. The lowest BCUT2D eigenvalue weighted by molar-refractivity contribution is 0.644. The molecule has 0 atom stereocenters. The fourth-order valence-corrected chi connectivity index (χ4v) is 2.07. The molecule has 2 rings (SSSR count). The number of benzene rings is 1. The molecule has 0 bridgehead atoms. The molecule has 2 aromatic rings. The standard InChI is InChI=1S/C13H17ClN4/c1-3-6-18-12(8-15)16-17-13(18)10-5-4-9(2)11(14)7-10/h4-5,7H,3,6,8,15H2,1-2H3. The molecular formula is C13H17ClN4. The minimum absolute atomic E-state index is 0.395. The summed E-state index contributed by atoms with van der Waals surface area (Å²) in [7, 11) is 0. The van der Waals surface area contributed by atoms with Crippen LogP contribution in [0.1, 0.15) is 24.7 Å². The van der Waals surface area contributed by atoms with Gasteiger partial charge in [0.25, 0.3) is 0 Å². The van der Waals surface area contributed by atoms with E-state index in [9.17, 15) is 0 Å². The maximum atomic E-state index is 6.15. The molecule has 0 saturated carbocycles. The Morgan fingerprint density at radius 1 is 1.33 bits per heavy atom. The monoisotopic (exact) mass is 264 g/mol. The van der Waals surface area contributed by atoms with Gasteiger partial charge in [-0.3, -0.25) is 0 Å². The lowest BCUT2D eigenvalue weighted by atomic mass is 10.1. The molecule has 0 amide bonds. The highest BCUT2D eigenvalue weighted by molar-refractivity contribution is 6.31. The molecule has 0 radical (unpaired) electrons. The van der Waals surface area contributed by atoms with Crippen molar-refractivity contribution in [2.75, 3.05) is 0 Å². The van der Waals surface area contributed by atoms with Crippen LogP contribution in [0.25, 0.3) is 11.4 Å². The Hall–Kier alpha value is -1.39. The highest BCUT2D eigenvalue weighted by atomic mass is 35.5. The van der Waals surface area contributed by atoms with Gasteiger partial charge >= 0.3 is 0 Å². The van der Waals surface area contributed by atoms with Gasteiger partial charge in [0.15, 0.2) is 5.82 Å². The zero-order valence-electron chi connectivity index (χ0n) is 10.7. The fraction of sp³-hybridized carbons (Fsp3) is 0.385. The van der Waals surface area contributed by atoms with E-state index in [0.29, 0.717) is 6.54 Å². The summed E-state index contributed by atoms with van der Waals surface area (Å²) in [6, 6.07) is 5.93. The summed E-state index contributed by atoms with van der Waals surface area (Å²) in [4.78, 5) is 0. The molecule has 0 aliphatic heterocycles. The molecule has 0 saturated heterocycles. The number of nitrogens with two attached hydrogens (primary N) is 1. The van der Waals surface area contributed by atoms with E-state index in [1.54, 1.807) is 0 Å². The van der Waals surface area contributed by atoms with Crippen molar-refractivity contribution in [3.63, 3.8) is 0 Å². The van der Waals surface area contributed by atoms with Gasteiger partial charge in [0.1, 0.15) is 5.82 Å². The normalized spacial score (nSPS) is 10.9. The van der Waals surface area contributed by atoms with Crippen molar-refractivity contribution in [3.8, 4) is 11.4 Å². The van der Waals surface area contributed by atoms with Gasteiger partial charge in [0.2, 0.25) is 0 Å². The minimum Gasteiger partial charge on any atom is -0.324 e. The van der Waals surface area contributed by atoms with E-state index in [4.69, 9.17) is 17.3 Å². The summed E-state index contributed by atoms with van der Waals surface area (Å²) in [6.45, 7) is 5.35. The molecular weight excluding hydrogens is 248 g/mol. The second kappa shape index (κ2) is 5.50. The van der Waals surface area contributed by atoms with Crippen LogP contribution in [0.15, 0.2) is 18.2 Å². The van der Waals surface area contributed by atoms with Gasteiger partial charge < -0.3 is 10.3 Å².